The van der Waals surface area contributed by atoms with Crippen LogP contribution >= 0.6 is 0 Å². The van der Waals surface area contributed by atoms with Gasteiger partial charge in [-0.15, -0.1) is 0 Å². The molecule has 1 aliphatic rings. The SMILES string of the molecule is COCCNCCCNCC1CCS(=O)(=O)C1. The Bertz CT molecular complexity index is 293. The summed E-state index contributed by atoms with van der Waals surface area (Å²) in [5.74, 6) is 1.06. The van der Waals surface area contributed by atoms with Crippen LogP contribution in [-0.4, -0.2) is 59.8 Å². The van der Waals surface area contributed by atoms with Crippen molar-refractivity contribution in [3.05, 3.63) is 0 Å². The minimum atomic E-state index is -2.72. The van der Waals surface area contributed by atoms with E-state index >= 15 is 0 Å². The van der Waals surface area contributed by atoms with Crippen molar-refractivity contribution in [3.63, 3.8) is 0 Å². The average molecular weight is 264 g/mol. The molecule has 1 saturated heterocycles. The van der Waals surface area contributed by atoms with Crippen LogP contribution in [0.2, 0.25) is 0 Å². The topological polar surface area (TPSA) is 67.4 Å². The summed E-state index contributed by atoms with van der Waals surface area (Å²) in [5, 5.41) is 6.59. The van der Waals surface area contributed by atoms with Gasteiger partial charge in [0.05, 0.1) is 18.1 Å². The summed E-state index contributed by atoms with van der Waals surface area (Å²) in [7, 11) is -1.03. The Morgan fingerprint density at radius 3 is 2.65 bits per heavy atom. The van der Waals surface area contributed by atoms with Crippen molar-refractivity contribution in [1.29, 1.82) is 0 Å². The predicted octanol–water partition coefficient (Wildman–Crippen LogP) is -0.363. The summed E-state index contributed by atoms with van der Waals surface area (Å²) in [6, 6.07) is 0. The van der Waals surface area contributed by atoms with Crippen molar-refractivity contribution in [2.45, 2.75) is 12.8 Å². The van der Waals surface area contributed by atoms with Gasteiger partial charge >= 0.3 is 0 Å². The zero-order valence-electron chi connectivity index (χ0n) is 10.6. The van der Waals surface area contributed by atoms with Crippen LogP contribution in [0.1, 0.15) is 12.8 Å². The Labute approximate surface area is 104 Å². The van der Waals surface area contributed by atoms with Crippen molar-refractivity contribution in [2.75, 3.05) is 51.4 Å². The first-order chi connectivity index (χ1) is 8.14. The summed E-state index contributed by atoms with van der Waals surface area (Å²) in [5.41, 5.74) is 0. The third-order valence-electron chi connectivity index (χ3n) is 2.95. The van der Waals surface area contributed by atoms with Crippen molar-refractivity contribution in [1.82, 2.24) is 10.6 Å². The van der Waals surface area contributed by atoms with Gasteiger partial charge in [-0.1, -0.05) is 0 Å². The highest BCUT2D eigenvalue weighted by molar-refractivity contribution is 7.91. The minimum Gasteiger partial charge on any atom is -0.383 e. The van der Waals surface area contributed by atoms with Crippen LogP contribution in [0, 0.1) is 5.92 Å². The molecule has 0 radical (unpaired) electrons. The summed E-state index contributed by atoms with van der Waals surface area (Å²) >= 11 is 0. The average Bonchev–Trinajstić information content (AvgIpc) is 2.62. The molecule has 102 valence electrons. The van der Waals surface area contributed by atoms with Gasteiger partial charge in [-0.25, -0.2) is 8.42 Å². The molecule has 2 N–H and O–H groups in total. The van der Waals surface area contributed by atoms with E-state index in [9.17, 15) is 8.42 Å². The zero-order valence-corrected chi connectivity index (χ0v) is 11.4. The highest BCUT2D eigenvalue weighted by atomic mass is 32.2. The second-order valence-electron chi connectivity index (χ2n) is 4.57. The summed E-state index contributed by atoms with van der Waals surface area (Å²) in [4.78, 5) is 0. The van der Waals surface area contributed by atoms with Crippen LogP contribution in [0.4, 0.5) is 0 Å². The molecule has 5 nitrogen and oxygen atoms in total. The number of rotatable bonds is 9. The molecule has 0 spiro atoms. The molecule has 1 unspecified atom stereocenters. The van der Waals surface area contributed by atoms with E-state index in [0.29, 0.717) is 17.4 Å². The maximum Gasteiger partial charge on any atom is 0.150 e. The van der Waals surface area contributed by atoms with E-state index in [4.69, 9.17) is 4.74 Å². The van der Waals surface area contributed by atoms with Gasteiger partial charge in [0.2, 0.25) is 0 Å². The molecule has 1 rings (SSSR count). The molecule has 0 saturated carbocycles. The van der Waals surface area contributed by atoms with Crippen LogP contribution < -0.4 is 10.6 Å². The lowest BCUT2D eigenvalue weighted by Gasteiger charge is -2.09. The monoisotopic (exact) mass is 264 g/mol. The minimum absolute atomic E-state index is 0.321. The summed E-state index contributed by atoms with van der Waals surface area (Å²) < 4.78 is 27.4. The lowest BCUT2D eigenvalue weighted by Crippen LogP contribution is -2.28. The van der Waals surface area contributed by atoms with E-state index in [1.807, 2.05) is 0 Å². The Hall–Kier alpha value is -0.170. The Kier molecular flexibility index (Phi) is 7.03. The van der Waals surface area contributed by atoms with E-state index in [1.165, 1.54) is 0 Å². The third-order valence-corrected chi connectivity index (χ3v) is 4.79. The molecule has 1 heterocycles. The first-order valence-corrected chi connectivity index (χ1v) is 8.07. The maximum absolute atomic E-state index is 11.2. The Morgan fingerprint density at radius 2 is 2.00 bits per heavy atom. The fourth-order valence-corrected chi connectivity index (χ4v) is 3.84. The van der Waals surface area contributed by atoms with Crippen LogP contribution in [0.3, 0.4) is 0 Å². The molecule has 17 heavy (non-hydrogen) atoms. The molecule has 1 aliphatic heterocycles. The number of hydrogen-bond acceptors (Lipinski definition) is 5. The smallest absolute Gasteiger partial charge is 0.150 e. The molecule has 0 aromatic carbocycles. The molecule has 6 heteroatoms. The normalized spacial score (nSPS) is 23.0. The lowest BCUT2D eigenvalue weighted by molar-refractivity contribution is 0.199. The Balaban J connectivity index is 1.88. The molecular formula is C11H24N2O3S. The lowest BCUT2D eigenvalue weighted by atomic mass is 10.1. The second-order valence-corrected chi connectivity index (χ2v) is 6.80. The van der Waals surface area contributed by atoms with Gasteiger partial charge in [-0.2, -0.15) is 0 Å². The quantitative estimate of drug-likeness (QED) is 0.557. The summed E-state index contributed by atoms with van der Waals surface area (Å²) in [6.07, 6.45) is 1.88. The number of methoxy groups -OCH3 is 1. The highest BCUT2D eigenvalue weighted by Gasteiger charge is 2.27. The number of ether oxygens (including phenoxy) is 1. The molecule has 0 aromatic heterocycles. The summed E-state index contributed by atoms with van der Waals surface area (Å²) in [6.45, 7) is 4.37. The zero-order chi connectivity index (χ0) is 12.6. The molecule has 1 fully saturated rings. The molecule has 1 atom stereocenters. The fraction of sp³-hybridized carbons (Fsp3) is 1.00. The number of hydrogen-bond donors (Lipinski definition) is 2. The third kappa shape index (κ3) is 6.98. The number of nitrogens with one attached hydrogen (secondary N) is 2. The van der Waals surface area contributed by atoms with Crippen LogP contribution in [-0.2, 0) is 14.6 Å². The first kappa shape index (κ1) is 14.9. The van der Waals surface area contributed by atoms with Crippen molar-refractivity contribution >= 4 is 9.84 Å². The maximum atomic E-state index is 11.2. The van der Waals surface area contributed by atoms with Gasteiger partial charge in [0, 0.05) is 13.7 Å². The van der Waals surface area contributed by atoms with Gasteiger partial charge < -0.3 is 15.4 Å². The van der Waals surface area contributed by atoms with Crippen LogP contribution in [0.15, 0.2) is 0 Å². The molecule has 0 amide bonds. The van der Waals surface area contributed by atoms with Crippen LogP contribution in [0.5, 0.6) is 0 Å². The van der Waals surface area contributed by atoms with Gasteiger partial charge in [-0.05, 0) is 38.4 Å². The molecule has 0 aromatic rings. The van der Waals surface area contributed by atoms with E-state index < -0.39 is 9.84 Å². The standard InChI is InChI=1S/C11H24N2O3S/c1-16-7-6-12-4-2-5-13-9-11-3-8-17(14,15)10-11/h11-13H,2-10H2,1H3. The van der Waals surface area contributed by atoms with Gasteiger partial charge in [-0.3, -0.25) is 0 Å². The van der Waals surface area contributed by atoms with E-state index in [0.717, 1.165) is 45.6 Å². The van der Waals surface area contributed by atoms with Gasteiger partial charge in [0.25, 0.3) is 0 Å². The first-order valence-electron chi connectivity index (χ1n) is 6.25. The van der Waals surface area contributed by atoms with Gasteiger partial charge in [0.15, 0.2) is 9.84 Å². The van der Waals surface area contributed by atoms with Crippen molar-refractivity contribution in [2.24, 2.45) is 5.92 Å². The molecule has 0 bridgehead atoms. The van der Waals surface area contributed by atoms with E-state index in [2.05, 4.69) is 10.6 Å². The Morgan fingerprint density at radius 1 is 1.24 bits per heavy atom. The van der Waals surface area contributed by atoms with Crippen molar-refractivity contribution < 1.29 is 13.2 Å². The fourth-order valence-electron chi connectivity index (χ4n) is 1.98. The van der Waals surface area contributed by atoms with Crippen LogP contribution in [0.25, 0.3) is 0 Å². The molecular weight excluding hydrogens is 240 g/mol. The van der Waals surface area contributed by atoms with Gasteiger partial charge in [0.1, 0.15) is 0 Å². The second kappa shape index (κ2) is 8.02. The molecule has 0 aliphatic carbocycles. The largest absolute Gasteiger partial charge is 0.383 e. The van der Waals surface area contributed by atoms with Crippen molar-refractivity contribution in [3.8, 4) is 0 Å². The van der Waals surface area contributed by atoms with E-state index in [1.54, 1.807) is 7.11 Å². The van der Waals surface area contributed by atoms with E-state index in [-0.39, 0.29) is 0 Å². The predicted molar refractivity (Wildman–Crippen MR) is 69.0 cm³/mol. The number of sulfone groups is 1. The highest BCUT2D eigenvalue weighted by Crippen LogP contribution is 2.17.